The number of hydrogen-bond acceptors (Lipinski definition) is 2. The smallest absolute Gasteiger partial charge is 0.356 e. The number of rotatable bonds is 6. The zero-order chi connectivity index (χ0) is 17.7. The minimum absolute atomic E-state index is 0.121. The van der Waals surface area contributed by atoms with E-state index in [9.17, 15) is 18.0 Å². The summed E-state index contributed by atoms with van der Waals surface area (Å²) in [5.41, 5.74) is 1.05. The third-order valence-corrected chi connectivity index (χ3v) is 3.92. The number of alkyl halides is 3. The van der Waals surface area contributed by atoms with Crippen LogP contribution in [0.5, 0.6) is 0 Å². The summed E-state index contributed by atoms with van der Waals surface area (Å²) in [7, 11) is 1.89. The van der Waals surface area contributed by atoms with E-state index in [2.05, 4.69) is 10.3 Å². The van der Waals surface area contributed by atoms with E-state index in [-0.39, 0.29) is 18.2 Å². The van der Waals surface area contributed by atoms with Crippen LogP contribution in [-0.4, -0.2) is 22.0 Å². The Bertz CT molecular complexity index is 677. The van der Waals surface area contributed by atoms with Crippen LogP contribution in [-0.2, 0) is 24.4 Å². The molecule has 7 heteroatoms. The molecular weight excluding hydrogens is 319 g/mol. The second kappa shape index (κ2) is 7.51. The number of nitrogens with zero attached hydrogens (tertiary/aromatic N) is 2. The van der Waals surface area contributed by atoms with Gasteiger partial charge in [0, 0.05) is 38.3 Å². The fraction of sp³-hybridized carbons (Fsp3) is 0.412. The van der Waals surface area contributed by atoms with Gasteiger partial charge in [0.25, 0.3) is 0 Å². The Morgan fingerprint density at radius 1 is 1.29 bits per heavy atom. The quantitative estimate of drug-likeness (QED) is 0.878. The van der Waals surface area contributed by atoms with E-state index in [0.717, 1.165) is 17.8 Å². The summed E-state index contributed by atoms with van der Waals surface area (Å²) in [6.45, 7) is 2.32. The van der Waals surface area contributed by atoms with Crippen molar-refractivity contribution >= 4 is 5.91 Å². The molecule has 0 radical (unpaired) electrons. The molecule has 2 rings (SSSR count). The highest BCUT2D eigenvalue weighted by Gasteiger charge is 2.30. The normalized spacial score (nSPS) is 12.9. The number of nitrogens with one attached hydrogen (secondary N) is 1. The van der Waals surface area contributed by atoms with Crippen molar-refractivity contribution in [2.75, 3.05) is 6.54 Å². The Labute approximate surface area is 138 Å². The van der Waals surface area contributed by atoms with Crippen LogP contribution in [0.2, 0.25) is 0 Å². The largest absolute Gasteiger partial charge is 0.416 e. The van der Waals surface area contributed by atoms with Gasteiger partial charge in [-0.3, -0.25) is 4.79 Å². The van der Waals surface area contributed by atoms with Crippen LogP contribution in [0.4, 0.5) is 13.2 Å². The predicted molar refractivity (Wildman–Crippen MR) is 84.4 cm³/mol. The van der Waals surface area contributed by atoms with Crippen molar-refractivity contribution in [2.24, 2.45) is 7.05 Å². The van der Waals surface area contributed by atoms with Gasteiger partial charge in [-0.05, 0) is 23.6 Å². The number of amides is 1. The highest BCUT2D eigenvalue weighted by molar-refractivity contribution is 5.76. The van der Waals surface area contributed by atoms with Crippen molar-refractivity contribution < 1.29 is 18.0 Å². The maximum Gasteiger partial charge on any atom is 0.416 e. The summed E-state index contributed by atoms with van der Waals surface area (Å²) in [6, 6.07) is 4.95. The van der Waals surface area contributed by atoms with Crippen molar-refractivity contribution in [3.8, 4) is 0 Å². The Hall–Kier alpha value is -2.31. The molecule has 0 aliphatic carbocycles. The fourth-order valence-corrected chi connectivity index (χ4v) is 2.42. The van der Waals surface area contributed by atoms with Crippen LogP contribution in [0.3, 0.4) is 0 Å². The van der Waals surface area contributed by atoms with E-state index in [1.54, 1.807) is 12.5 Å². The molecule has 0 spiro atoms. The summed E-state index contributed by atoms with van der Waals surface area (Å²) < 4.78 is 39.5. The van der Waals surface area contributed by atoms with Crippen molar-refractivity contribution in [2.45, 2.75) is 31.9 Å². The number of carbonyl (C=O) groups excluding carboxylic acids is 1. The second-order valence-electron chi connectivity index (χ2n) is 5.82. The molecule has 1 N–H and O–H groups in total. The second-order valence-corrected chi connectivity index (χ2v) is 5.82. The predicted octanol–water partition coefficient (Wildman–Crippen LogP) is 3.29. The van der Waals surface area contributed by atoms with E-state index in [0.29, 0.717) is 18.5 Å². The average molecular weight is 339 g/mol. The summed E-state index contributed by atoms with van der Waals surface area (Å²) in [5, 5.41) is 2.82. The lowest BCUT2D eigenvalue weighted by Crippen LogP contribution is -2.27. The van der Waals surface area contributed by atoms with Gasteiger partial charge in [0.05, 0.1) is 11.9 Å². The Morgan fingerprint density at radius 2 is 1.96 bits per heavy atom. The number of carbonyl (C=O) groups is 1. The van der Waals surface area contributed by atoms with Gasteiger partial charge >= 0.3 is 6.18 Å². The van der Waals surface area contributed by atoms with Crippen LogP contribution >= 0.6 is 0 Å². The lowest BCUT2D eigenvalue weighted by molar-refractivity contribution is -0.137. The highest BCUT2D eigenvalue weighted by Crippen LogP contribution is 2.30. The van der Waals surface area contributed by atoms with Gasteiger partial charge in [0.15, 0.2) is 0 Å². The van der Waals surface area contributed by atoms with E-state index in [4.69, 9.17) is 0 Å². The minimum atomic E-state index is -4.34. The molecule has 24 heavy (non-hydrogen) atoms. The maximum atomic E-state index is 12.5. The standard InChI is InChI=1S/C17H20F3N3O/c1-12(13-3-5-14(6-4-13)17(18,19)20)9-16(24)22-8-7-15-10-21-11-23(15)2/h3-6,10-12H,7-9H2,1-2H3,(H,22,24)/t12-/m1/s1. The lowest BCUT2D eigenvalue weighted by Gasteiger charge is -2.13. The van der Waals surface area contributed by atoms with Crippen molar-refractivity contribution in [1.82, 2.24) is 14.9 Å². The lowest BCUT2D eigenvalue weighted by atomic mass is 9.96. The fourth-order valence-electron chi connectivity index (χ4n) is 2.42. The first-order valence-corrected chi connectivity index (χ1v) is 7.66. The van der Waals surface area contributed by atoms with E-state index >= 15 is 0 Å². The molecule has 2 aromatic rings. The number of halogens is 3. The SMILES string of the molecule is C[C@H](CC(=O)NCCc1cncn1C)c1ccc(C(F)(F)F)cc1. The van der Waals surface area contributed by atoms with Crippen LogP contribution in [0.25, 0.3) is 0 Å². The zero-order valence-corrected chi connectivity index (χ0v) is 13.6. The van der Waals surface area contributed by atoms with Crippen LogP contribution in [0.15, 0.2) is 36.8 Å². The maximum absolute atomic E-state index is 12.5. The van der Waals surface area contributed by atoms with Gasteiger partial charge in [-0.1, -0.05) is 19.1 Å². The summed E-state index contributed by atoms with van der Waals surface area (Å²) in [4.78, 5) is 16.0. The molecule has 0 saturated heterocycles. The number of hydrogen-bond donors (Lipinski definition) is 1. The molecule has 1 amide bonds. The van der Waals surface area contributed by atoms with E-state index in [1.807, 2.05) is 18.5 Å². The van der Waals surface area contributed by atoms with Crippen molar-refractivity contribution in [3.05, 3.63) is 53.6 Å². The first-order chi connectivity index (χ1) is 11.3. The zero-order valence-electron chi connectivity index (χ0n) is 13.6. The van der Waals surface area contributed by atoms with Crippen LogP contribution in [0, 0.1) is 0 Å². The van der Waals surface area contributed by atoms with Gasteiger partial charge in [-0.25, -0.2) is 4.98 Å². The number of aryl methyl sites for hydroxylation is 1. The van der Waals surface area contributed by atoms with E-state index < -0.39 is 11.7 Å². The average Bonchev–Trinajstić information content (AvgIpc) is 2.92. The molecule has 1 atom stereocenters. The number of benzene rings is 1. The van der Waals surface area contributed by atoms with Gasteiger partial charge in [-0.2, -0.15) is 13.2 Å². The van der Waals surface area contributed by atoms with Crippen LogP contribution < -0.4 is 5.32 Å². The third-order valence-electron chi connectivity index (χ3n) is 3.92. The molecule has 4 nitrogen and oxygen atoms in total. The van der Waals surface area contributed by atoms with Gasteiger partial charge in [-0.15, -0.1) is 0 Å². The minimum Gasteiger partial charge on any atom is -0.356 e. The monoisotopic (exact) mass is 339 g/mol. The highest BCUT2D eigenvalue weighted by atomic mass is 19.4. The van der Waals surface area contributed by atoms with Crippen molar-refractivity contribution in [3.63, 3.8) is 0 Å². The molecule has 1 aromatic heterocycles. The van der Waals surface area contributed by atoms with E-state index in [1.165, 1.54) is 12.1 Å². The molecule has 1 heterocycles. The molecule has 0 aliphatic rings. The summed E-state index contributed by atoms with van der Waals surface area (Å²) in [5.74, 6) is -0.270. The molecule has 0 unspecified atom stereocenters. The molecule has 0 bridgehead atoms. The molecular formula is C17H20F3N3O. The van der Waals surface area contributed by atoms with Crippen LogP contribution in [0.1, 0.15) is 36.1 Å². The summed E-state index contributed by atoms with van der Waals surface area (Å²) in [6.07, 6.45) is 0.0133. The molecule has 130 valence electrons. The van der Waals surface area contributed by atoms with Gasteiger partial charge in [0.1, 0.15) is 0 Å². The molecule has 0 saturated carbocycles. The number of imidazole rings is 1. The number of aromatic nitrogens is 2. The first kappa shape index (κ1) is 18.0. The summed E-state index contributed by atoms with van der Waals surface area (Å²) >= 11 is 0. The van der Waals surface area contributed by atoms with Gasteiger partial charge in [0.2, 0.25) is 5.91 Å². The van der Waals surface area contributed by atoms with Crippen molar-refractivity contribution in [1.29, 1.82) is 0 Å². The molecule has 0 aliphatic heterocycles. The Balaban J connectivity index is 1.81. The Morgan fingerprint density at radius 3 is 2.50 bits per heavy atom. The molecule has 0 fully saturated rings. The third kappa shape index (κ3) is 4.84. The topological polar surface area (TPSA) is 46.9 Å². The molecule has 1 aromatic carbocycles. The Kier molecular flexibility index (Phi) is 5.64. The first-order valence-electron chi connectivity index (χ1n) is 7.66. The van der Waals surface area contributed by atoms with Gasteiger partial charge < -0.3 is 9.88 Å².